The minimum atomic E-state index is -4.43. The number of ether oxygens (including phenoxy) is 2. The summed E-state index contributed by atoms with van der Waals surface area (Å²) < 4.78 is 77.4. The molecule has 2 atom stereocenters. The Morgan fingerprint density at radius 1 is 1.11 bits per heavy atom. The number of hydrogen-bond acceptors (Lipinski definition) is 7. The van der Waals surface area contributed by atoms with E-state index >= 15 is 0 Å². The minimum Gasteiger partial charge on any atom is -0.464 e. The van der Waals surface area contributed by atoms with Crippen LogP contribution in [0.5, 0.6) is 17.2 Å². The third-order valence-electron chi connectivity index (χ3n) is 5.79. The van der Waals surface area contributed by atoms with Crippen LogP contribution in [0, 0.1) is 11.8 Å². The predicted molar refractivity (Wildman–Crippen MR) is 127 cm³/mol. The zero-order valence-electron chi connectivity index (χ0n) is 20.1. The summed E-state index contributed by atoms with van der Waals surface area (Å²) in [4.78, 5) is 12.1. The van der Waals surface area contributed by atoms with Crippen LogP contribution >= 0.6 is 0 Å². The van der Waals surface area contributed by atoms with E-state index in [0.29, 0.717) is 24.3 Å². The van der Waals surface area contributed by atoms with Crippen LogP contribution in [-0.4, -0.2) is 39.0 Å². The Morgan fingerprint density at radius 3 is 2.50 bits per heavy atom. The molecular weight excluding hydrogens is 499 g/mol. The van der Waals surface area contributed by atoms with Gasteiger partial charge >= 0.3 is 22.3 Å². The van der Waals surface area contributed by atoms with Gasteiger partial charge in [0.05, 0.1) is 12.4 Å². The molecule has 0 aliphatic heterocycles. The molecule has 2 aromatic carbocycles. The molecule has 2 aromatic rings. The molecule has 0 radical (unpaired) electrons. The Kier molecular flexibility index (Phi) is 8.89. The van der Waals surface area contributed by atoms with Crippen LogP contribution in [0.4, 0.5) is 13.2 Å². The molecule has 36 heavy (non-hydrogen) atoms. The summed E-state index contributed by atoms with van der Waals surface area (Å²) in [5, 5.41) is 0. The molecule has 0 heterocycles. The second-order valence-corrected chi connectivity index (χ2v) is 10.9. The molecule has 0 fully saturated rings. The highest BCUT2D eigenvalue weighted by atomic mass is 32.2. The fourth-order valence-electron chi connectivity index (χ4n) is 3.84. The highest BCUT2D eigenvalue weighted by Gasteiger charge is 2.29. The molecule has 7 nitrogen and oxygen atoms in total. The van der Waals surface area contributed by atoms with Gasteiger partial charge in [-0.2, -0.15) is 21.6 Å². The molecule has 2 N–H and O–H groups in total. The fourth-order valence-corrected chi connectivity index (χ4v) is 4.82. The van der Waals surface area contributed by atoms with Crippen LogP contribution in [0.2, 0.25) is 0 Å². The van der Waals surface area contributed by atoms with Crippen molar-refractivity contribution in [3.05, 3.63) is 53.6 Å². The Bertz CT molecular complexity index is 1170. The summed E-state index contributed by atoms with van der Waals surface area (Å²) in [6, 6.07) is 10.8. The van der Waals surface area contributed by atoms with Gasteiger partial charge in [0.15, 0.2) is 0 Å². The molecule has 0 aromatic heterocycles. The van der Waals surface area contributed by atoms with Crippen molar-refractivity contribution in [3.8, 4) is 17.2 Å². The van der Waals surface area contributed by atoms with E-state index in [2.05, 4.69) is 0 Å². The van der Waals surface area contributed by atoms with Crippen molar-refractivity contribution in [3.63, 3.8) is 0 Å². The van der Waals surface area contributed by atoms with Gasteiger partial charge in [-0.25, -0.2) is 0 Å². The highest BCUT2D eigenvalue weighted by molar-refractivity contribution is 7.87. The molecule has 0 spiro atoms. The maximum absolute atomic E-state index is 12.3. The maximum atomic E-state index is 12.3. The van der Waals surface area contributed by atoms with Crippen molar-refractivity contribution in [2.24, 2.45) is 17.6 Å². The summed E-state index contributed by atoms with van der Waals surface area (Å²) >= 11 is 0. The molecule has 3 rings (SSSR count). The van der Waals surface area contributed by atoms with Gasteiger partial charge in [0.2, 0.25) is 0 Å². The maximum Gasteiger partial charge on any atom is 0.389 e. The van der Waals surface area contributed by atoms with Crippen molar-refractivity contribution in [1.29, 1.82) is 0 Å². The number of nitrogens with two attached hydrogens (primary N) is 1. The number of carbonyl (C=O) groups excluding carboxylic acids is 1. The number of carbonyl (C=O) groups is 1. The van der Waals surface area contributed by atoms with E-state index in [1.807, 2.05) is 26.0 Å². The van der Waals surface area contributed by atoms with Crippen LogP contribution in [0.1, 0.15) is 37.8 Å². The monoisotopic (exact) mass is 529 g/mol. The van der Waals surface area contributed by atoms with Gasteiger partial charge < -0.3 is 19.4 Å². The molecular formula is C25H30F3NO6S. The number of esters is 1. The number of hydrogen-bond donors (Lipinski definition) is 1. The smallest absolute Gasteiger partial charge is 0.389 e. The molecule has 11 heteroatoms. The largest absolute Gasteiger partial charge is 0.464 e. The summed E-state index contributed by atoms with van der Waals surface area (Å²) in [5.74, 6) is -0.300. The molecule has 0 saturated heterocycles. The molecule has 1 aliphatic rings. The number of rotatable bonds is 11. The zero-order valence-corrected chi connectivity index (χ0v) is 20.9. The normalized spacial score (nSPS) is 16.5. The first kappa shape index (κ1) is 27.8. The predicted octanol–water partition coefficient (Wildman–Crippen LogP) is 4.77. The van der Waals surface area contributed by atoms with E-state index in [-0.39, 0.29) is 24.2 Å². The van der Waals surface area contributed by atoms with Crippen LogP contribution in [0.25, 0.3) is 0 Å². The van der Waals surface area contributed by atoms with Gasteiger partial charge in [0.1, 0.15) is 23.3 Å². The average molecular weight is 530 g/mol. The lowest BCUT2D eigenvalue weighted by Gasteiger charge is -2.16. The fraction of sp³-hybridized carbons (Fsp3) is 0.480. The lowest BCUT2D eigenvalue weighted by atomic mass is 10.1. The summed E-state index contributed by atoms with van der Waals surface area (Å²) in [7, 11) is -4.19. The number of fused-ring (bicyclic) bond motifs is 1. The van der Waals surface area contributed by atoms with Gasteiger partial charge in [0, 0.05) is 18.4 Å². The Hall–Kier alpha value is -2.79. The van der Waals surface area contributed by atoms with Gasteiger partial charge in [0.25, 0.3) is 0 Å². The number of alkyl halides is 3. The van der Waals surface area contributed by atoms with Crippen molar-refractivity contribution < 1.29 is 40.0 Å². The molecule has 1 aliphatic carbocycles. The SMILES string of the molecule is CC(C)[C@@H](N)C(=O)OC[C@@H]1Cc2cccc(Oc3cccc(OS(=O)(=O)CCCC(F)(F)F)c3)c2C1. The van der Waals surface area contributed by atoms with Crippen LogP contribution in [0.3, 0.4) is 0 Å². The standard InChI is InChI=1S/C25H30F3NO6S/c1-16(2)23(29)24(30)33-15-17-12-18-6-3-9-22(21(18)13-17)34-19-7-4-8-20(14-19)35-36(31,32)11-5-10-25(26,27)28/h3-4,6-9,14,16-17,23H,5,10-13,15,29H2,1-2H3/t17-,23-/m1/s1. The third-order valence-corrected chi connectivity index (χ3v) is 7.03. The summed E-state index contributed by atoms with van der Waals surface area (Å²) in [6.07, 6.45) is -4.89. The Morgan fingerprint density at radius 2 is 1.81 bits per heavy atom. The topological polar surface area (TPSA) is 105 Å². The van der Waals surface area contributed by atoms with Crippen LogP contribution in [0.15, 0.2) is 42.5 Å². The van der Waals surface area contributed by atoms with Gasteiger partial charge in [-0.05, 0) is 54.5 Å². The van der Waals surface area contributed by atoms with E-state index in [9.17, 15) is 26.4 Å². The van der Waals surface area contributed by atoms with Crippen molar-refractivity contribution in [2.75, 3.05) is 12.4 Å². The summed E-state index contributed by atoms with van der Waals surface area (Å²) in [6.45, 7) is 3.94. The van der Waals surface area contributed by atoms with Gasteiger partial charge in [-0.3, -0.25) is 4.79 Å². The van der Waals surface area contributed by atoms with Gasteiger partial charge in [-0.1, -0.05) is 32.0 Å². The second-order valence-electron chi connectivity index (χ2n) is 9.21. The van der Waals surface area contributed by atoms with E-state index in [0.717, 1.165) is 11.1 Å². The van der Waals surface area contributed by atoms with Crippen molar-refractivity contribution >= 4 is 16.1 Å². The zero-order chi connectivity index (χ0) is 26.5. The Labute approximate surface area is 208 Å². The quantitative estimate of drug-likeness (QED) is 0.330. The first-order chi connectivity index (χ1) is 16.8. The van der Waals surface area contributed by atoms with Crippen molar-refractivity contribution in [1.82, 2.24) is 0 Å². The third kappa shape index (κ3) is 8.12. The molecule has 0 saturated carbocycles. The summed E-state index contributed by atoms with van der Waals surface area (Å²) in [5.41, 5.74) is 7.86. The van der Waals surface area contributed by atoms with E-state index in [1.54, 1.807) is 12.1 Å². The lowest BCUT2D eigenvalue weighted by molar-refractivity contribution is -0.147. The number of halogens is 3. The van der Waals surface area contributed by atoms with E-state index in [4.69, 9.17) is 19.4 Å². The molecule has 0 amide bonds. The van der Waals surface area contributed by atoms with Crippen molar-refractivity contribution in [2.45, 2.75) is 51.7 Å². The molecule has 0 unspecified atom stereocenters. The number of benzene rings is 2. The first-order valence-corrected chi connectivity index (χ1v) is 13.2. The lowest BCUT2D eigenvalue weighted by Crippen LogP contribution is -2.37. The van der Waals surface area contributed by atoms with Crippen LogP contribution < -0.4 is 14.7 Å². The van der Waals surface area contributed by atoms with Crippen LogP contribution in [-0.2, 0) is 32.5 Å². The molecule has 0 bridgehead atoms. The van der Waals surface area contributed by atoms with E-state index in [1.165, 1.54) is 18.2 Å². The first-order valence-electron chi connectivity index (χ1n) is 11.6. The second kappa shape index (κ2) is 11.5. The Balaban J connectivity index is 1.62. The van der Waals surface area contributed by atoms with Gasteiger partial charge in [-0.15, -0.1) is 0 Å². The molecule has 198 valence electrons. The average Bonchev–Trinajstić information content (AvgIpc) is 3.20. The van der Waals surface area contributed by atoms with E-state index < -0.39 is 46.9 Å². The highest BCUT2D eigenvalue weighted by Crippen LogP contribution is 2.37. The minimum absolute atomic E-state index is 0.0205.